The molecule has 3 heteroatoms. The van der Waals surface area contributed by atoms with Gasteiger partial charge in [0.15, 0.2) is 6.29 Å². The number of rotatable bonds is 7. The first kappa shape index (κ1) is 13.7. The van der Waals surface area contributed by atoms with Crippen LogP contribution < -0.4 is 4.74 Å². The zero-order valence-corrected chi connectivity index (χ0v) is 10.7. The molecule has 1 aromatic rings. The van der Waals surface area contributed by atoms with E-state index in [1.54, 1.807) is 14.2 Å². The van der Waals surface area contributed by atoms with Gasteiger partial charge in [0.1, 0.15) is 5.75 Å². The smallest absolute Gasteiger partial charge is 0.187 e. The lowest BCUT2D eigenvalue weighted by atomic mass is 10.2. The minimum Gasteiger partial charge on any atom is -0.496 e. The van der Waals surface area contributed by atoms with Crippen molar-refractivity contribution >= 4 is 0 Å². The first-order chi connectivity index (χ1) is 8.33. The fraction of sp³-hybridized carbons (Fsp3) is 0.429. The molecule has 1 aromatic carbocycles. The van der Waals surface area contributed by atoms with Crippen molar-refractivity contribution < 1.29 is 14.2 Å². The molecule has 1 rings (SSSR count). The molecule has 0 fully saturated rings. The van der Waals surface area contributed by atoms with Gasteiger partial charge in [-0.05, 0) is 19.4 Å². The lowest BCUT2D eigenvalue weighted by Crippen LogP contribution is -2.08. The Labute approximate surface area is 103 Å². The first-order valence-electron chi connectivity index (χ1n) is 5.72. The van der Waals surface area contributed by atoms with Gasteiger partial charge in [-0.1, -0.05) is 30.4 Å². The zero-order valence-electron chi connectivity index (χ0n) is 10.7. The summed E-state index contributed by atoms with van der Waals surface area (Å²) < 4.78 is 16.3. The Morgan fingerprint density at radius 1 is 1.24 bits per heavy atom. The highest BCUT2D eigenvalue weighted by Crippen LogP contribution is 2.27. The Kier molecular flexibility index (Phi) is 6.37. The average Bonchev–Trinajstić information content (AvgIpc) is 2.39. The van der Waals surface area contributed by atoms with Crippen LogP contribution in [-0.2, 0) is 9.47 Å². The van der Waals surface area contributed by atoms with Crippen LogP contribution in [0, 0.1) is 0 Å². The van der Waals surface area contributed by atoms with E-state index in [0.29, 0.717) is 6.61 Å². The number of para-hydroxylation sites is 1. The van der Waals surface area contributed by atoms with Gasteiger partial charge in [-0.3, -0.25) is 0 Å². The summed E-state index contributed by atoms with van der Waals surface area (Å²) in [7, 11) is 3.28. The summed E-state index contributed by atoms with van der Waals surface area (Å²) in [4.78, 5) is 0. The Bertz CT molecular complexity index is 347. The van der Waals surface area contributed by atoms with Crippen molar-refractivity contribution in [1.82, 2.24) is 0 Å². The molecule has 0 saturated carbocycles. The normalized spacial score (nSPS) is 12.9. The maximum absolute atomic E-state index is 5.67. The molecular formula is C14H20O3. The number of benzene rings is 1. The summed E-state index contributed by atoms with van der Waals surface area (Å²) in [6.45, 7) is 2.62. The molecule has 0 N–H and O–H groups in total. The highest BCUT2D eigenvalue weighted by molar-refractivity contribution is 5.34. The predicted octanol–water partition coefficient (Wildman–Crippen LogP) is 3.32. The molecule has 0 aliphatic heterocycles. The Balaban J connectivity index is 2.65. The van der Waals surface area contributed by atoms with Crippen LogP contribution >= 0.6 is 0 Å². The molecule has 0 bridgehead atoms. The van der Waals surface area contributed by atoms with Gasteiger partial charge in [-0.15, -0.1) is 0 Å². The molecule has 0 aromatic heterocycles. The number of methoxy groups -OCH3 is 2. The Hall–Kier alpha value is -1.32. The maximum Gasteiger partial charge on any atom is 0.187 e. The van der Waals surface area contributed by atoms with E-state index in [4.69, 9.17) is 14.2 Å². The topological polar surface area (TPSA) is 27.7 Å². The van der Waals surface area contributed by atoms with E-state index >= 15 is 0 Å². The Morgan fingerprint density at radius 2 is 2.00 bits per heavy atom. The lowest BCUT2D eigenvalue weighted by molar-refractivity contribution is -0.127. The molecule has 0 aliphatic carbocycles. The Morgan fingerprint density at radius 3 is 2.65 bits per heavy atom. The van der Waals surface area contributed by atoms with Gasteiger partial charge in [0, 0.05) is 12.7 Å². The summed E-state index contributed by atoms with van der Waals surface area (Å²) in [5.74, 6) is 0.783. The van der Waals surface area contributed by atoms with Crippen LogP contribution in [0.5, 0.6) is 5.75 Å². The van der Waals surface area contributed by atoms with Crippen molar-refractivity contribution in [3.05, 3.63) is 42.0 Å². The van der Waals surface area contributed by atoms with E-state index in [9.17, 15) is 0 Å². The number of hydrogen-bond acceptors (Lipinski definition) is 3. The summed E-state index contributed by atoms with van der Waals surface area (Å²) >= 11 is 0. The van der Waals surface area contributed by atoms with Crippen LogP contribution in [-0.4, -0.2) is 20.8 Å². The van der Waals surface area contributed by atoms with Gasteiger partial charge in [0.25, 0.3) is 0 Å². The van der Waals surface area contributed by atoms with Crippen molar-refractivity contribution in [3.63, 3.8) is 0 Å². The average molecular weight is 236 g/mol. The van der Waals surface area contributed by atoms with E-state index < -0.39 is 0 Å². The van der Waals surface area contributed by atoms with E-state index in [1.165, 1.54) is 0 Å². The second-order valence-electron chi connectivity index (χ2n) is 3.54. The second-order valence-corrected chi connectivity index (χ2v) is 3.54. The van der Waals surface area contributed by atoms with Crippen LogP contribution in [0.4, 0.5) is 0 Å². The summed E-state index contributed by atoms with van der Waals surface area (Å²) in [5.41, 5.74) is 0.915. The largest absolute Gasteiger partial charge is 0.496 e. The first-order valence-corrected chi connectivity index (χ1v) is 5.72. The predicted molar refractivity (Wildman–Crippen MR) is 68.1 cm³/mol. The number of ether oxygens (including phenoxy) is 3. The molecular weight excluding hydrogens is 216 g/mol. The molecule has 1 atom stereocenters. The number of hydrogen-bond donors (Lipinski definition) is 0. The van der Waals surface area contributed by atoms with E-state index in [0.717, 1.165) is 17.7 Å². The molecule has 0 spiro atoms. The van der Waals surface area contributed by atoms with Crippen LogP contribution in [0.1, 0.15) is 25.2 Å². The molecule has 0 radical (unpaired) electrons. The van der Waals surface area contributed by atoms with Gasteiger partial charge in [0.05, 0.1) is 13.7 Å². The van der Waals surface area contributed by atoms with Gasteiger partial charge < -0.3 is 14.2 Å². The molecule has 0 amide bonds. The van der Waals surface area contributed by atoms with E-state index in [2.05, 4.69) is 6.08 Å². The van der Waals surface area contributed by atoms with Crippen molar-refractivity contribution in [3.8, 4) is 5.75 Å². The van der Waals surface area contributed by atoms with Crippen LogP contribution in [0.3, 0.4) is 0 Å². The standard InChI is InChI=1S/C14H20O3/c1-4-5-8-11-17-14(16-3)12-9-6-7-10-13(12)15-2/h4-7,9-10,14H,8,11H2,1-3H3/b5-4+/t14-/m1/s1. The third-order valence-corrected chi connectivity index (χ3v) is 2.40. The third kappa shape index (κ3) is 4.21. The van der Waals surface area contributed by atoms with Crippen molar-refractivity contribution in [2.24, 2.45) is 0 Å². The minimum atomic E-state index is -0.378. The van der Waals surface area contributed by atoms with Gasteiger partial charge in [0.2, 0.25) is 0 Å². The minimum absolute atomic E-state index is 0.378. The van der Waals surface area contributed by atoms with Crippen molar-refractivity contribution in [2.45, 2.75) is 19.6 Å². The monoisotopic (exact) mass is 236 g/mol. The molecule has 17 heavy (non-hydrogen) atoms. The molecule has 0 saturated heterocycles. The highest BCUT2D eigenvalue weighted by Gasteiger charge is 2.14. The zero-order chi connectivity index (χ0) is 12.5. The second kappa shape index (κ2) is 7.87. The summed E-state index contributed by atoms with van der Waals surface area (Å²) in [5, 5.41) is 0. The quantitative estimate of drug-likeness (QED) is 0.413. The lowest BCUT2D eigenvalue weighted by Gasteiger charge is -2.18. The van der Waals surface area contributed by atoms with Crippen molar-refractivity contribution in [1.29, 1.82) is 0 Å². The summed E-state index contributed by atoms with van der Waals surface area (Å²) in [6, 6.07) is 7.72. The SMILES string of the molecule is C/C=C/CCO[C@@H](OC)c1ccccc1OC. The third-order valence-electron chi connectivity index (χ3n) is 2.40. The number of allylic oxidation sites excluding steroid dienone is 1. The van der Waals surface area contributed by atoms with Gasteiger partial charge in [-0.25, -0.2) is 0 Å². The summed E-state index contributed by atoms with van der Waals surface area (Å²) in [6.07, 6.45) is 4.57. The molecule has 0 aliphatic rings. The molecule has 0 heterocycles. The fourth-order valence-electron chi connectivity index (χ4n) is 1.56. The van der Waals surface area contributed by atoms with Gasteiger partial charge in [-0.2, -0.15) is 0 Å². The van der Waals surface area contributed by atoms with E-state index in [-0.39, 0.29) is 6.29 Å². The highest BCUT2D eigenvalue weighted by atomic mass is 16.7. The molecule has 94 valence electrons. The van der Waals surface area contributed by atoms with Crippen LogP contribution in [0.15, 0.2) is 36.4 Å². The van der Waals surface area contributed by atoms with Gasteiger partial charge >= 0.3 is 0 Å². The fourth-order valence-corrected chi connectivity index (χ4v) is 1.56. The van der Waals surface area contributed by atoms with Crippen LogP contribution in [0.25, 0.3) is 0 Å². The van der Waals surface area contributed by atoms with E-state index in [1.807, 2.05) is 37.3 Å². The maximum atomic E-state index is 5.67. The molecule has 3 nitrogen and oxygen atoms in total. The molecule has 0 unspecified atom stereocenters. The van der Waals surface area contributed by atoms with Crippen molar-refractivity contribution in [2.75, 3.05) is 20.8 Å². The van der Waals surface area contributed by atoms with Crippen LogP contribution in [0.2, 0.25) is 0 Å².